The summed E-state index contributed by atoms with van der Waals surface area (Å²) in [7, 11) is 0. The molecule has 0 aliphatic rings. The zero-order valence-electron chi connectivity index (χ0n) is 13.2. The summed E-state index contributed by atoms with van der Waals surface area (Å²) in [5.41, 5.74) is 4.86. The van der Waals surface area contributed by atoms with Gasteiger partial charge in [-0.05, 0) is 6.92 Å². The second-order valence-corrected chi connectivity index (χ2v) is 5.69. The van der Waals surface area contributed by atoms with E-state index in [-0.39, 0.29) is 12.0 Å². The molecule has 7 heteroatoms. The largest absolute Gasteiger partial charge is 0.370 e. The molecule has 0 aliphatic heterocycles. The van der Waals surface area contributed by atoms with Crippen LogP contribution in [0.4, 0.5) is 11.6 Å². The molecular formula is C14H25N5O2. The zero-order chi connectivity index (χ0) is 15.9. The van der Waals surface area contributed by atoms with Crippen molar-refractivity contribution in [3.63, 3.8) is 0 Å². The Morgan fingerprint density at radius 1 is 1.29 bits per heavy atom. The first kappa shape index (κ1) is 17.2. The molecule has 0 saturated heterocycles. The Balaban J connectivity index is 2.67. The summed E-state index contributed by atoms with van der Waals surface area (Å²) in [5.74, 6) is 1.81. The van der Waals surface area contributed by atoms with Gasteiger partial charge >= 0.3 is 0 Å². The molecule has 1 aromatic rings. The van der Waals surface area contributed by atoms with Gasteiger partial charge in [-0.2, -0.15) is 0 Å². The van der Waals surface area contributed by atoms with Crippen LogP contribution in [0.2, 0.25) is 0 Å². The lowest BCUT2D eigenvalue weighted by atomic mass is 9.96. The number of ether oxygens (including phenoxy) is 1. The van der Waals surface area contributed by atoms with Crippen molar-refractivity contribution >= 4 is 17.5 Å². The van der Waals surface area contributed by atoms with Crippen LogP contribution in [0.5, 0.6) is 0 Å². The summed E-state index contributed by atoms with van der Waals surface area (Å²) < 4.78 is 5.10. The second kappa shape index (κ2) is 7.78. The van der Waals surface area contributed by atoms with E-state index < -0.39 is 5.91 Å². The number of nitrogens with one attached hydrogen (secondary N) is 2. The molecule has 0 fully saturated rings. The minimum absolute atomic E-state index is 0.0681. The number of nitrogens with two attached hydrogens (primary N) is 1. The van der Waals surface area contributed by atoms with Gasteiger partial charge < -0.3 is 21.1 Å². The number of nitrogens with zero attached hydrogens (tertiary/aromatic N) is 2. The number of hydrogen-bond donors (Lipinski definition) is 3. The number of carbonyl (C=O) groups excluding carboxylic acids is 1. The molecule has 1 amide bonds. The Kier molecular flexibility index (Phi) is 6.36. The van der Waals surface area contributed by atoms with Crippen molar-refractivity contribution in [2.24, 2.45) is 5.73 Å². The zero-order valence-corrected chi connectivity index (χ0v) is 13.2. The Morgan fingerprint density at radius 3 is 2.43 bits per heavy atom. The molecule has 7 nitrogen and oxygen atoms in total. The van der Waals surface area contributed by atoms with Crippen LogP contribution in [0.25, 0.3) is 0 Å². The van der Waals surface area contributed by atoms with Crippen LogP contribution < -0.4 is 16.4 Å². The van der Waals surface area contributed by atoms with E-state index in [2.05, 4.69) is 41.4 Å². The maximum atomic E-state index is 10.6. The van der Waals surface area contributed by atoms with Gasteiger partial charge in [-0.1, -0.05) is 20.8 Å². The molecule has 0 unspecified atom stereocenters. The van der Waals surface area contributed by atoms with Crippen molar-refractivity contribution in [1.82, 2.24) is 9.97 Å². The number of aromatic nitrogens is 2. The minimum atomic E-state index is -0.471. The predicted octanol–water partition coefficient (Wildman–Crippen LogP) is 1.12. The first-order valence-electron chi connectivity index (χ1n) is 7.06. The summed E-state index contributed by atoms with van der Waals surface area (Å²) in [6.45, 7) is 9.87. The predicted molar refractivity (Wildman–Crippen MR) is 83.4 cm³/mol. The Labute approximate surface area is 125 Å². The molecule has 21 heavy (non-hydrogen) atoms. The highest BCUT2D eigenvalue weighted by Gasteiger charge is 2.19. The van der Waals surface area contributed by atoms with E-state index in [0.29, 0.717) is 13.2 Å². The fourth-order valence-corrected chi connectivity index (χ4v) is 1.57. The standard InChI is InChI=1S/C14H25N5O2/c1-5-16-11-8-12(17-6-7-21-9-10(15)20)19-13(18-11)14(2,3)4/h8H,5-7,9H2,1-4H3,(H2,15,20)(H2,16,17,18,19). The van der Waals surface area contributed by atoms with E-state index in [1.807, 2.05) is 13.0 Å². The summed E-state index contributed by atoms with van der Waals surface area (Å²) >= 11 is 0. The molecule has 0 saturated carbocycles. The topological polar surface area (TPSA) is 102 Å². The van der Waals surface area contributed by atoms with Crippen molar-refractivity contribution < 1.29 is 9.53 Å². The van der Waals surface area contributed by atoms with Crippen molar-refractivity contribution in [3.05, 3.63) is 11.9 Å². The average Bonchev–Trinajstić information content (AvgIpc) is 2.37. The van der Waals surface area contributed by atoms with Gasteiger partial charge in [0.25, 0.3) is 0 Å². The third-order valence-electron chi connectivity index (χ3n) is 2.55. The van der Waals surface area contributed by atoms with E-state index in [1.165, 1.54) is 0 Å². The normalized spacial score (nSPS) is 11.2. The lowest BCUT2D eigenvalue weighted by molar-refractivity contribution is -0.122. The quantitative estimate of drug-likeness (QED) is 0.621. The average molecular weight is 295 g/mol. The second-order valence-electron chi connectivity index (χ2n) is 5.69. The van der Waals surface area contributed by atoms with Crippen LogP contribution >= 0.6 is 0 Å². The minimum Gasteiger partial charge on any atom is -0.370 e. The highest BCUT2D eigenvalue weighted by atomic mass is 16.5. The van der Waals surface area contributed by atoms with E-state index in [4.69, 9.17) is 10.5 Å². The molecule has 0 aromatic carbocycles. The number of primary amides is 1. The van der Waals surface area contributed by atoms with Crippen LogP contribution in [0, 0.1) is 0 Å². The van der Waals surface area contributed by atoms with Gasteiger partial charge in [-0.3, -0.25) is 4.79 Å². The molecule has 4 N–H and O–H groups in total. The van der Waals surface area contributed by atoms with Gasteiger partial charge in [0.2, 0.25) is 5.91 Å². The van der Waals surface area contributed by atoms with Crippen molar-refractivity contribution in [3.8, 4) is 0 Å². The van der Waals surface area contributed by atoms with E-state index in [9.17, 15) is 4.79 Å². The highest BCUT2D eigenvalue weighted by molar-refractivity contribution is 5.74. The molecule has 1 rings (SSSR count). The first-order chi connectivity index (χ1) is 9.82. The number of rotatable bonds is 8. The van der Waals surface area contributed by atoms with Crippen molar-refractivity contribution in [1.29, 1.82) is 0 Å². The molecule has 1 heterocycles. The fraction of sp³-hybridized carbons (Fsp3) is 0.643. The van der Waals surface area contributed by atoms with Gasteiger partial charge in [0, 0.05) is 24.6 Å². The Hall–Kier alpha value is -1.89. The Morgan fingerprint density at radius 2 is 1.90 bits per heavy atom. The van der Waals surface area contributed by atoms with E-state index in [1.54, 1.807) is 0 Å². The summed E-state index contributed by atoms with van der Waals surface area (Å²) in [4.78, 5) is 19.6. The van der Waals surface area contributed by atoms with E-state index >= 15 is 0 Å². The molecule has 0 radical (unpaired) electrons. The molecule has 0 atom stereocenters. The lowest BCUT2D eigenvalue weighted by Crippen LogP contribution is -2.22. The first-order valence-corrected chi connectivity index (χ1v) is 7.06. The third kappa shape index (κ3) is 6.40. The summed E-state index contributed by atoms with van der Waals surface area (Å²) in [6.07, 6.45) is 0. The van der Waals surface area contributed by atoms with Gasteiger partial charge in [-0.25, -0.2) is 9.97 Å². The van der Waals surface area contributed by atoms with Crippen molar-refractivity contribution in [2.45, 2.75) is 33.1 Å². The number of anilines is 2. The lowest BCUT2D eigenvalue weighted by Gasteiger charge is -2.19. The van der Waals surface area contributed by atoms with Gasteiger partial charge in [0.1, 0.15) is 24.1 Å². The maximum absolute atomic E-state index is 10.6. The molecule has 118 valence electrons. The van der Waals surface area contributed by atoms with Gasteiger partial charge in [0.15, 0.2) is 0 Å². The van der Waals surface area contributed by atoms with Crippen molar-refractivity contribution in [2.75, 3.05) is 36.9 Å². The van der Waals surface area contributed by atoms with Crippen LogP contribution in [0.3, 0.4) is 0 Å². The number of amides is 1. The summed E-state index contributed by atoms with van der Waals surface area (Å²) in [5, 5.41) is 6.35. The van der Waals surface area contributed by atoms with Crippen LogP contribution in [0.15, 0.2) is 6.07 Å². The highest BCUT2D eigenvalue weighted by Crippen LogP contribution is 2.22. The number of carbonyl (C=O) groups is 1. The summed E-state index contributed by atoms with van der Waals surface area (Å²) in [6, 6.07) is 1.85. The van der Waals surface area contributed by atoms with E-state index in [0.717, 1.165) is 24.0 Å². The molecule has 0 aliphatic carbocycles. The van der Waals surface area contributed by atoms with Crippen LogP contribution in [0.1, 0.15) is 33.5 Å². The maximum Gasteiger partial charge on any atom is 0.243 e. The molecule has 0 spiro atoms. The fourth-order valence-electron chi connectivity index (χ4n) is 1.57. The monoisotopic (exact) mass is 295 g/mol. The van der Waals surface area contributed by atoms with Gasteiger partial charge in [0.05, 0.1) is 6.61 Å². The number of hydrogen-bond acceptors (Lipinski definition) is 6. The molecular weight excluding hydrogens is 270 g/mol. The van der Waals surface area contributed by atoms with Crippen LogP contribution in [-0.2, 0) is 14.9 Å². The van der Waals surface area contributed by atoms with Gasteiger partial charge in [-0.15, -0.1) is 0 Å². The Bertz CT molecular complexity index is 471. The van der Waals surface area contributed by atoms with Crippen LogP contribution in [-0.4, -0.2) is 42.2 Å². The molecule has 0 bridgehead atoms. The molecule has 1 aromatic heterocycles. The smallest absolute Gasteiger partial charge is 0.243 e. The third-order valence-corrected chi connectivity index (χ3v) is 2.55. The SMILES string of the molecule is CCNc1cc(NCCOCC(N)=O)nc(C(C)(C)C)n1.